The van der Waals surface area contributed by atoms with Gasteiger partial charge in [-0.3, -0.25) is 0 Å². The number of rotatable bonds is 3. The molecule has 0 saturated carbocycles. The quantitative estimate of drug-likeness (QED) is 0.874. The van der Waals surface area contributed by atoms with Crippen LogP contribution in [0.25, 0.3) is 0 Å². The summed E-state index contributed by atoms with van der Waals surface area (Å²) in [6.07, 6.45) is -0.547. The molecule has 2 rings (SSSR count). The second kappa shape index (κ2) is 5.87. The summed E-state index contributed by atoms with van der Waals surface area (Å²) >= 11 is 4.85. The summed E-state index contributed by atoms with van der Waals surface area (Å²) in [5.41, 5.74) is 0.840. The average molecular weight is 327 g/mol. The molecule has 0 aliphatic rings. The van der Waals surface area contributed by atoms with E-state index < -0.39 is 6.10 Å². The molecule has 18 heavy (non-hydrogen) atoms. The van der Waals surface area contributed by atoms with E-state index in [1.807, 2.05) is 24.3 Å². The van der Waals surface area contributed by atoms with Crippen molar-refractivity contribution in [2.75, 3.05) is 0 Å². The predicted octanol–water partition coefficient (Wildman–Crippen LogP) is 4.79. The van der Waals surface area contributed by atoms with Crippen molar-refractivity contribution in [1.29, 1.82) is 0 Å². The van der Waals surface area contributed by atoms with Crippen molar-refractivity contribution in [3.63, 3.8) is 0 Å². The van der Waals surface area contributed by atoms with Gasteiger partial charge in [-0.1, -0.05) is 39.8 Å². The van der Waals surface area contributed by atoms with Crippen molar-refractivity contribution >= 4 is 27.7 Å². The number of benzene rings is 2. The topological polar surface area (TPSA) is 20.2 Å². The second-order valence-corrected chi connectivity index (χ2v) is 5.95. The van der Waals surface area contributed by atoms with Crippen LogP contribution in [-0.4, -0.2) is 5.11 Å². The molecular weight excluding hydrogens is 315 g/mol. The molecule has 94 valence electrons. The fraction of sp³-hybridized carbons (Fsp3) is 0.143. The predicted molar refractivity (Wildman–Crippen MR) is 75.3 cm³/mol. The maximum Gasteiger partial charge on any atom is 0.124 e. The molecule has 1 nitrogen and oxygen atoms in total. The third-order valence-electron chi connectivity index (χ3n) is 2.45. The van der Waals surface area contributed by atoms with Crippen molar-refractivity contribution in [1.82, 2.24) is 0 Å². The van der Waals surface area contributed by atoms with E-state index in [0.29, 0.717) is 0 Å². The van der Waals surface area contributed by atoms with Gasteiger partial charge in [0.2, 0.25) is 0 Å². The van der Waals surface area contributed by atoms with Crippen LogP contribution in [0, 0.1) is 5.82 Å². The van der Waals surface area contributed by atoms with Crippen LogP contribution in [0.4, 0.5) is 4.39 Å². The van der Waals surface area contributed by atoms with E-state index in [1.165, 1.54) is 23.9 Å². The maximum absolute atomic E-state index is 13.1. The fourth-order valence-electron chi connectivity index (χ4n) is 1.60. The van der Waals surface area contributed by atoms with Gasteiger partial charge in [0.05, 0.1) is 6.10 Å². The summed E-state index contributed by atoms with van der Waals surface area (Å²) in [4.78, 5) is 1.74. The van der Waals surface area contributed by atoms with Crippen LogP contribution in [0.1, 0.15) is 18.6 Å². The van der Waals surface area contributed by atoms with Crippen LogP contribution in [0.5, 0.6) is 0 Å². The van der Waals surface area contributed by atoms with E-state index in [0.717, 1.165) is 19.8 Å². The van der Waals surface area contributed by atoms with Crippen molar-refractivity contribution in [2.45, 2.75) is 22.8 Å². The third kappa shape index (κ3) is 3.34. The Morgan fingerprint density at radius 2 is 2.00 bits per heavy atom. The van der Waals surface area contributed by atoms with Gasteiger partial charge in [0.25, 0.3) is 0 Å². The molecule has 1 unspecified atom stereocenters. The number of halogens is 2. The lowest BCUT2D eigenvalue weighted by Crippen LogP contribution is -1.93. The first-order chi connectivity index (χ1) is 8.56. The number of aliphatic hydroxyl groups is 1. The van der Waals surface area contributed by atoms with Gasteiger partial charge in [-0.25, -0.2) is 4.39 Å². The minimum absolute atomic E-state index is 0.256. The molecule has 0 aliphatic heterocycles. The first kappa shape index (κ1) is 13.6. The molecule has 1 N–H and O–H groups in total. The molecule has 0 aliphatic carbocycles. The van der Waals surface area contributed by atoms with E-state index in [9.17, 15) is 9.50 Å². The minimum atomic E-state index is -0.547. The van der Waals surface area contributed by atoms with Gasteiger partial charge in [-0.15, -0.1) is 0 Å². The Morgan fingerprint density at radius 1 is 1.22 bits per heavy atom. The molecule has 0 amide bonds. The van der Waals surface area contributed by atoms with Gasteiger partial charge in [0.1, 0.15) is 5.82 Å². The summed E-state index contributed by atoms with van der Waals surface area (Å²) in [6, 6.07) is 12.1. The highest BCUT2D eigenvalue weighted by atomic mass is 79.9. The lowest BCUT2D eigenvalue weighted by atomic mass is 10.1. The van der Waals surface area contributed by atoms with Crippen molar-refractivity contribution in [2.24, 2.45) is 0 Å². The van der Waals surface area contributed by atoms with Crippen molar-refractivity contribution < 1.29 is 9.50 Å². The first-order valence-electron chi connectivity index (χ1n) is 5.47. The standard InChI is InChI=1S/C14H12BrFOS/c1-9(17)13-6-5-10(15)7-14(13)18-12-4-2-3-11(16)8-12/h2-9,17H,1H3. The van der Waals surface area contributed by atoms with Crippen LogP contribution < -0.4 is 0 Å². The molecule has 0 aromatic heterocycles. The number of aliphatic hydroxyl groups excluding tert-OH is 1. The van der Waals surface area contributed by atoms with Crippen LogP contribution in [0.3, 0.4) is 0 Å². The van der Waals surface area contributed by atoms with Crippen LogP contribution >= 0.6 is 27.7 Å². The van der Waals surface area contributed by atoms with Gasteiger partial charge in [-0.05, 0) is 42.8 Å². The van der Waals surface area contributed by atoms with Gasteiger partial charge in [0, 0.05) is 14.3 Å². The fourth-order valence-corrected chi connectivity index (χ4v) is 3.23. The lowest BCUT2D eigenvalue weighted by molar-refractivity contribution is 0.196. The van der Waals surface area contributed by atoms with E-state index in [-0.39, 0.29) is 5.82 Å². The number of hydrogen-bond acceptors (Lipinski definition) is 2. The molecule has 2 aromatic carbocycles. The Morgan fingerprint density at radius 3 is 2.67 bits per heavy atom. The molecule has 0 heterocycles. The Labute approximate surface area is 118 Å². The van der Waals surface area contributed by atoms with Crippen LogP contribution in [0.15, 0.2) is 56.7 Å². The number of hydrogen-bond donors (Lipinski definition) is 1. The molecule has 0 bridgehead atoms. The van der Waals surface area contributed by atoms with Crippen molar-refractivity contribution in [3.8, 4) is 0 Å². The lowest BCUT2D eigenvalue weighted by Gasteiger charge is -2.12. The highest BCUT2D eigenvalue weighted by Gasteiger charge is 2.10. The molecule has 0 fully saturated rings. The highest BCUT2D eigenvalue weighted by Crippen LogP contribution is 2.35. The Hall–Kier alpha value is -0.840. The molecule has 4 heteroatoms. The summed E-state index contributed by atoms with van der Waals surface area (Å²) < 4.78 is 14.1. The van der Waals surface area contributed by atoms with Gasteiger partial charge >= 0.3 is 0 Å². The molecule has 0 spiro atoms. The normalized spacial score (nSPS) is 12.4. The molecule has 0 saturated heterocycles. The largest absolute Gasteiger partial charge is 0.389 e. The summed E-state index contributed by atoms with van der Waals surface area (Å²) in [5, 5.41) is 9.73. The zero-order valence-corrected chi connectivity index (χ0v) is 12.1. The molecule has 1 atom stereocenters. The Balaban J connectivity index is 2.36. The SMILES string of the molecule is CC(O)c1ccc(Br)cc1Sc1cccc(F)c1. The average Bonchev–Trinajstić information content (AvgIpc) is 2.28. The highest BCUT2D eigenvalue weighted by molar-refractivity contribution is 9.10. The zero-order chi connectivity index (χ0) is 13.1. The van der Waals surface area contributed by atoms with Crippen molar-refractivity contribution in [3.05, 3.63) is 58.3 Å². The first-order valence-corrected chi connectivity index (χ1v) is 7.08. The van der Waals surface area contributed by atoms with E-state index in [2.05, 4.69) is 15.9 Å². The van der Waals surface area contributed by atoms with E-state index in [4.69, 9.17) is 0 Å². The zero-order valence-electron chi connectivity index (χ0n) is 9.73. The maximum atomic E-state index is 13.1. The molecule has 2 aromatic rings. The van der Waals surface area contributed by atoms with E-state index >= 15 is 0 Å². The Bertz CT molecular complexity index is 557. The molecule has 0 radical (unpaired) electrons. The Kier molecular flexibility index (Phi) is 4.43. The van der Waals surface area contributed by atoms with Gasteiger partial charge < -0.3 is 5.11 Å². The summed E-state index contributed by atoms with van der Waals surface area (Å²) in [6.45, 7) is 1.72. The minimum Gasteiger partial charge on any atom is -0.389 e. The van der Waals surface area contributed by atoms with Crippen LogP contribution in [0.2, 0.25) is 0 Å². The summed E-state index contributed by atoms with van der Waals surface area (Å²) in [5.74, 6) is -0.256. The third-order valence-corrected chi connectivity index (χ3v) is 4.01. The van der Waals surface area contributed by atoms with E-state index in [1.54, 1.807) is 13.0 Å². The summed E-state index contributed by atoms with van der Waals surface area (Å²) in [7, 11) is 0. The monoisotopic (exact) mass is 326 g/mol. The van der Waals surface area contributed by atoms with Crippen LogP contribution in [-0.2, 0) is 0 Å². The smallest absolute Gasteiger partial charge is 0.124 e. The second-order valence-electron chi connectivity index (χ2n) is 3.92. The molecular formula is C14H12BrFOS. The van der Waals surface area contributed by atoms with Gasteiger partial charge in [-0.2, -0.15) is 0 Å². The van der Waals surface area contributed by atoms with Gasteiger partial charge in [0.15, 0.2) is 0 Å².